The van der Waals surface area contributed by atoms with Crippen LogP contribution in [-0.4, -0.2) is 22.6 Å². The van der Waals surface area contributed by atoms with Gasteiger partial charge in [0.05, 0.1) is 17.4 Å². The van der Waals surface area contributed by atoms with E-state index in [1.54, 1.807) is 25.1 Å². The van der Waals surface area contributed by atoms with Crippen LogP contribution in [0.1, 0.15) is 24.0 Å². The van der Waals surface area contributed by atoms with Gasteiger partial charge >= 0.3 is 5.97 Å². The van der Waals surface area contributed by atoms with Crippen molar-refractivity contribution in [2.24, 2.45) is 5.73 Å². The number of hydrogen-bond acceptors (Lipinski definition) is 7. The summed E-state index contributed by atoms with van der Waals surface area (Å²) in [7, 11) is 0. The number of nitro groups is 1. The quantitative estimate of drug-likeness (QED) is 0.490. The number of non-ortho nitro benzene ring substituents is 1. The van der Waals surface area contributed by atoms with Gasteiger partial charge in [-0.05, 0) is 18.6 Å². The summed E-state index contributed by atoms with van der Waals surface area (Å²) >= 11 is 0. The highest BCUT2D eigenvalue weighted by Crippen LogP contribution is 2.44. The SMILES string of the molecule is CCOC(=O)C1=C(N)Oc2cc(O)ccc2[C@H]1c1ccc([N+](=O)[O-])cc1. The van der Waals surface area contributed by atoms with Crippen LogP contribution in [0.3, 0.4) is 0 Å². The van der Waals surface area contributed by atoms with E-state index in [1.165, 1.54) is 24.3 Å². The van der Waals surface area contributed by atoms with Crippen LogP contribution in [0, 0.1) is 10.1 Å². The fraction of sp³-hybridized carbons (Fsp3) is 0.167. The van der Waals surface area contributed by atoms with Crippen molar-refractivity contribution in [2.75, 3.05) is 6.61 Å². The van der Waals surface area contributed by atoms with E-state index in [2.05, 4.69) is 0 Å². The first-order valence-electron chi connectivity index (χ1n) is 7.84. The monoisotopic (exact) mass is 356 g/mol. The van der Waals surface area contributed by atoms with E-state index in [0.717, 1.165) is 0 Å². The number of carbonyl (C=O) groups is 1. The molecular weight excluding hydrogens is 340 g/mol. The number of aromatic hydroxyl groups is 1. The number of esters is 1. The molecule has 1 aliphatic rings. The van der Waals surface area contributed by atoms with Gasteiger partial charge in [0, 0.05) is 23.8 Å². The summed E-state index contributed by atoms with van der Waals surface area (Å²) in [4.78, 5) is 22.8. The molecule has 1 aliphatic heterocycles. The number of benzene rings is 2. The molecule has 0 spiro atoms. The fourth-order valence-corrected chi connectivity index (χ4v) is 2.88. The van der Waals surface area contributed by atoms with E-state index in [1.807, 2.05) is 0 Å². The summed E-state index contributed by atoms with van der Waals surface area (Å²) in [6, 6.07) is 10.3. The maximum atomic E-state index is 12.4. The molecule has 3 rings (SSSR count). The van der Waals surface area contributed by atoms with Crippen LogP contribution in [0.25, 0.3) is 0 Å². The van der Waals surface area contributed by atoms with E-state index in [-0.39, 0.29) is 29.5 Å². The minimum atomic E-state index is -0.640. The molecule has 2 aromatic rings. The predicted octanol–water partition coefficient (Wildman–Crippen LogP) is 2.56. The maximum absolute atomic E-state index is 12.4. The normalized spacial score (nSPS) is 15.8. The highest BCUT2D eigenvalue weighted by Gasteiger charge is 2.35. The zero-order valence-electron chi connectivity index (χ0n) is 13.8. The van der Waals surface area contributed by atoms with E-state index in [9.17, 15) is 20.0 Å². The lowest BCUT2D eigenvalue weighted by Gasteiger charge is -2.28. The van der Waals surface area contributed by atoms with E-state index < -0.39 is 16.8 Å². The largest absolute Gasteiger partial charge is 0.508 e. The number of ether oxygens (including phenoxy) is 2. The van der Waals surface area contributed by atoms with E-state index in [4.69, 9.17) is 15.2 Å². The topological polar surface area (TPSA) is 125 Å². The van der Waals surface area contributed by atoms with Crippen LogP contribution in [0.5, 0.6) is 11.5 Å². The second-order valence-electron chi connectivity index (χ2n) is 5.60. The number of fused-ring (bicyclic) bond motifs is 1. The molecule has 8 nitrogen and oxygen atoms in total. The van der Waals surface area contributed by atoms with Crippen LogP contribution in [0.2, 0.25) is 0 Å². The second-order valence-corrected chi connectivity index (χ2v) is 5.60. The Hall–Kier alpha value is -3.55. The molecule has 0 saturated carbocycles. The summed E-state index contributed by atoms with van der Waals surface area (Å²) in [5, 5.41) is 20.6. The lowest BCUT2D eigenvalue weighted by Crippen LogP contribution is -2.27. The van der Waals surface area contributed by atoms with Crippen molar-refractivity contribution in [2.45, 2.75) is 12.8 Å². The summed E-state index contributed by atoms with van der Waals surface area (Å²) in [6.07, 6.45) is 0. The van der Waals surface area contributed by atoms with Gasteiger partial charge in [-0.2, -0.15) is 0 Å². The summed E-state index contributed by atoms with van der Waals surface area (Å²) < 4.78 is 10.6. The molecule has 0 amide bonds. The van der Waals surface area contributed by atoms with Crippen molar-refractivity contribution in [3.05, 3.63) is 75.2 Å². The van der Waals surface area contributed by atoms with Crippen molar-refractivity contribution >= 4 is 11.7 Å². The third-order valence-electron chi connectivity index (χ3n) is 4.01. The fourth-order valence-electron chi connectivity index (χ4n) is 2.88. The van der Waals surface area contributed by atoms with Gasteiger partial charge in [0.25, 0.3) is 5.69 Å². The van der Waals surface area contributed by atoms with Crippen LogP contribution < -0.4 is 10.5 Å². The number of carbonyl (C=O) groups excluding carboxylic acids is 1. The van der Waals surface area contributed by atoms with Crippen LogP contribution >= 0.6 is 0 Å². The number of hydrogen-bond donors (Lipinski definition) is 2. The minimum Gasteiger partial charge on any atom is -0.508 e. The molecule has 0 aliphatic carbocycles. The van der Waals surface area contributed by atoms with Crippen LogP contribution in [-0.2, 0) is 9.53 Å². The molecular formula is C18H16N2O6. The smallest absolute Gasteiger partial charge is 0.340 e. The molecule has 0 bridgehead atoms. The summed E-state index contributed by atoms with van der Waals surface area (Å²) in [5.74, 6) is -1.12. The molecule has 134 valence electrons. The van der Waals surface area contributed by atoms with Gasteiger partial charge in [-0.15, -0.1) is 0 Å². The zero-order valence-corrected chi connectivity index (χ0v) is 13.8. The molecule has 26 heavy (non-hydrogen) atoms. The van der Waals surface area contributed by atoms with Crippen molar-refractivity contribution < 1.29 is 24.3 Å². The van der Waals surface area contributed by atoms with Crippen molar-refractivity contribution in [1.82, 2.24) is 0 Å². The van der Waals surface area contributed by atoms with Crippen LogP contribution in [0.15, 0.2) is 53.9 Å². The van der Waals surface area contributed by atoms with Crippen molar-refractivity contribution in [1.29, 1.82) is 0 Å². The highest BCUT2D eigenvalue weighted by atomic mass is 16.6. The Bertz CT molecular complexity index is 904. The molecule has 0 aromatic heterocycles. The van der Waals surface area contributed by atoms with Gasteiger partial charge in [-0.1, -0.05) is 18.2 Å². The molecule has 0 unspecified atom stereocenters. The third-order valence-corrected chi connectivity index (χ3v) is 4.01. The number of nitrogens with zero attached hydrogens (tertiary/aromatic N) is 1. The molecule has 0 fully saturated rings. The van der Waals surface area contributed by atoms with E-state index >= 15 is 0 Å². The molecule has 0 radical (unpaired) electrons. The van der Waals surface area contributed by atoms with Crippen molar-refractivity contribution in [3.63, 3.8) is 0 Å². The van der Waals surface area contributed by atoms with Gasteiger partial charge in [-0.3, -0.25) is 10.1 Å². The predicted molar refractivity (Wildman–Crippen MR) is 91.5 cm³/mol. The third kappa shape index (κ3) is 3.04. The molecule has 2 aromatic carbocycles. The molecule has 3 N–H and O–H groups in total. The maximum Gasteiger partial charge on any atom is 0.340 e. The first-order chi connectivity index (χ1) is 12.4. The summed E-state index contributed by atoms with van der Waals surface area (Å²) in [5.41, 5.74) is 7.19. The number of phenols is 1. The molecule has 1 heterocycles. The molecule has 1 atom stereocenters. The Kier molecular flexibility index (Phi) is 4.49. The van der Waals surface area contributed by atoms with Gasteiger partial charge in [0.1, 0.15) is 17.1 Å². The lowest BCUT2D eigenvalue weighted by atomic mass is 9.83. The average Bonchev–Trinajstić information content (AvgIpc) is 2.60. The molecule has 0 saturated heterocycles. The number of phenolic OH excluding ortho intramolecular Hbond substituents is 1. The average molecular weight is 356 g/mol. The minimum absolute atomic E-state index is 0.0152. The first kappa shape index (κ1) is 17.3. The van der Waals surface area contributed by atoms with Gasteiger partial charge in [-0.25, -0.2) is 4.79 Å². The standard InChI is InChI=1S/C18H16N2O6/c1-2-25-18(22)16-15(10-3-5-11(6-4-10)20(23)24)13-8-7-12(21)9-14(13)26-17(16)19/h3-9,15,21H,2,19H2,1H3/t15-/m1/s1. The Morgan fingerprint density at radius 2 is 2.00 bits per heavy atom. The molecule has 8 heteroatoms. The van der Waals surface area contributed by atoms with Gasteiger partial charge in [0.15, 0.2) is 0 Å². The van der Waals surface area contributed by atoms with Gasteiger partial charge in [0.2, 0.25) is 5.88 Å². The summed E-state index contributed by atoms with van der Waals surface area (Å²) in [6.45, 7) is 1.83. The number of nitro benzene ring substituents is 1. The highest BCUT2D eigenvalue weighted by molar-refractivity contribution is 5.92. The zero-order chi connectivity index (χ0) is 18.8. The Balaban J connectivity index is 2.16. The lowest BCUT2D eigenvalue weighted by molar-refractivity contribution is -0.384. The van der Waals surface area contributed by atoms with Crippen LogP contribution in [0.4, 0.5) is 5.69 Å². The van der Waals surface area contributed by atoms with Crippen molar-refractivity contribution in [3.8, 4) is 11.5 Å². The first-order valence-corrected chi connectivity index (χ1v) is 7.84. The Morgan fingerprint density at radius 1 is 1.31 bits per heavy atom. The number of nitrogens with two attached hydrogens (primary N) is 1. The second kappa shape index (κ2) is 6.75. The van der Waals surface area contributed by atoms with E-state index in [0.29, 0.717) is 16.9 Å². The van der Waals surface area contributed by atoms with Gasteiger partial charge < -0.3 is 20.3 Å². The Morgan fingerprint density at radius 3 is 2.62 bits per heavy atom. The number of rotatable bonds is 4. The Labute approximate surface area is 148 Å².